The number of hydrogen-bond acceptors (Lipinski definition) is 0. The standard InChI is InChI=1S/C5H5.5CH3.Pt/c1-2-4-5-3-1;;;;;;/h1-3H,4H2;5*1H3;. The van der Waals surface area contributed by atoms with Crippen LogP contribution >= 0.6 is 0 Å². The van der Waals surface area contributed by atoms with Gasteiger partial charge in [-0.1, -0.05) is 0 Å². The molecule has 1 rings (SSSR count). The minimum absolute atomic E-state index is 1.19. The molecule has 1 heteroatoms. The Bertz CT molecular complexity index is 232. The molecule has 1 aliphatic carbocycles. The monoisotopic (exact) mass is 335 g/mol. The summed E-state index contributed by atoms with van der Waals surface area (Å²) in [5.74, 6) is 0. The third kappa shape index (κ3) is 2.30. The molecule has 0 fully saturated rings. The second-order valence-electron chi connectivity index (χ2n) is 5.16. The van der Waals surface area contributed by atoms with Crippen molar-refractivity contribution in [1.29, 1.82) is 0 Å². The van der Waals surface area contributed by atoms with Gasteiger partial charge in [-0.25, -0.2) is 0 Å². The first-order valence-corrected chi connectivity index (χ1v) is 16.0. The van der Waals surface area contributed by atoms with Gasteiger partial charge in [0.05, 0.1) is 0 Å². The van der Waals surface area contributed by atoms with Crippen molar-refractivity contribution >= 4 is 0 Å². The van der Waals surface area contributed by atoms with Gasteiger partial charge < -0.3 is 0 Å². The Balaban J connectivity index is 3.11. The van der Waals surface area contributed by atoms with Gasteiger partial charge in [0.2, 0.25) is 0 Å². The molecule has 0 aliphatic heterocycles. The van der Waals surface area contributed by atoms with Crippen LogP contribution in [0.3, 0.4) is 0 Å². The third-order valence-corrected chi connectivity index (χ3v) is 9.86. The van der Waals surface area contributed by atoms with Gasteiger partial charge in [-0.15, -0.1) is 0 Å². The summed E-state index contributed by atoms with van der Waals surface area (Å²) in [6.45, 7) is 0. The van der Waals surface area contributed by atoms with Gasteiger partial charge >= 0.3 is 68.7 Å². The molecule has 0 spiro atoms. The maximum atomic E-state index is 2.48. The zero-order chi connectivity index (χ0) is 8.81. The summed E-state index contributed by atoms with van der Waals surface area (Å²) >= 11 is -2.55. The van der Waals surface area contributed by atoms with Crippen molar-refractivity contribution in [3.05, 3.63) is 22.2 Å². The molecule has 0 saturated heterocycles. The van der Waals surface area contributed by atoms with Crippen LogP contribution in [-0.2, 0) is 13.6 Å². The van der Waals surface area contributed by atoms with Gasteiger partial charge in [0, 0.05) is 0 Å². The quantitative estimate of drug-likeness (QED) is 0.670. The van der Waals surface area contributed by atoms with Crippen LogP contribution in [0.1, 0.15) is 6.42 Å². The molecule has 0 radical (unpaired) electrons. The first-order chi connectivity index (χ1) is 4.59. The molecule has 70 valence electrons. The topological polar surface area (TPSA) is 0 Å². The zero-order valence-corrected chi connectivity index (χ0v) is 10.5. The summed E-state index contributed by atoms with van der Waals surface area (Å²) in [7, 11) is 0. The maximum absolute atomic E-state index is 2.55. The zero-order valence-electron chi connectivity index (χ0n) is 8.26. The van der Waals surface area contributed by atoms with E-state index >= 15 is 0 Å². The van der Waals surface area contributed by atoms with Crippen LogP contribution in [0.25, 0.3) is 0 Å². The van der Waals surface area contributed by atoms with Gasteiger partial charge in [0.25, 0.3) is 0 Å². The Hall–Kier alpha value is 0.168. The molecule has 0 aromatic carbocycles. The fraction of sp³-hybridized carbons (Fsp3) is 0.600. The van der Waals surface area contributed by atoms with E-state index in [9.17, 15) is 0 Å². The first-order valence-electron chi connectivity index (χ1n) is 3.46. The van der Waals surface area contributed by atoms with E-state index in [4.69, 9.17) is 0 Å². The van der Waals surface area contributed by atoms with Gasteiger partial charge in [-0.2, -0.15) is 0 Å². The fourth-order valence-electron chi connectivity index (χ4n) is 0.994. The minimum atomic E-state index is -2.55. The van der Waals surface area contributed by atoms with Crippen LogP contribution in [0.5, 0.6) is 0 Å². The van der Waals surface area contributed by atoms with Crippen LogP contribution < -0.4 is 0 Å². The third-order valence-electron chi connectivity index (χ3n) is 1.72. The Morgan fingerprint density at radius 3 is 1.82 bits per heavy atom. The van der Waals surface area contributed by atoms with Crippen molar-refractivity contribution in [3.63, 3.8) is 0 Å². The molecule has 0 heterocycles. The molecule has 0 amide bonds. The van der Waals surface area contributed by atoms with Crippen molar-refractivity contribution in [3.8, 4) is 0 Å². The van der Waals surface area contributed by atoms with Crippen molar-refractivity contribution in [2.45, 2.75) is 33.0 Å². The van der Waals surface area contributed by atoms with E-state index in [0.29, 0.717) is 0 Å². The van der Waals surface area contributed by atoms with Crippen LogP contribution in [0.15, 0.2) is 22.2 Å². The summed E-state index contributed by atoms with van der Waals surface area (Å²) < 4.78 is 1.69. The molecule has 0 N–H and O–H groups in total. The average molecular weight is 335 g/mol. The number of allylic oxidation sites excluding steroid dienone is 4. The molecule has 1 aliphatic rings. The molecule has 0 atom stereocenters. The normalized spacial score (nSPS) is 24.3. The van der Waals surface area contributed by atoms with Crippen molar-refractivity contribution < 1.29 is 13.6 Å². The summed E-state index contributed by atoms with van der Waals surface area (Å²) in [6, 6.07) is 0. The molecule has 0 saturated carbocycles. The van der Waals surface area contributed by atoms with E-state index in [1.165, 1.54) is 6.42 Å². The SMILES string of the molecule is [CH3][Pt]([CH3])([CH3])([CH3])([CH3])[C]1=CC=CC1. The molecule has 0 unspecified atom stereocenters. The summed E-state index contributed by atoms with van der Waals surface area (Å²) in [4.78, 5) is 0. The Kier molecular flexibility index (Phi) is 1.46. The predicted octanol–water partition coefficient (Wildman–Crippen LogP) is 4.30. The van der Waals surface area contributed by atoms with E-state index < -0.39 is 13.6 Å². The van der Waals surface area contributed by atoms with Crippen molar-refractivity contribution in [2.75, 3.05) is 0 Å². The van der Waals surface area contributed by atoms with Gasteiger partial charge in [-0.3, -0.25) is 0 Å². The molecule has 0 aromatic rings. The van der Waals surface area contributed by atoms with E-state index in [-0.39, 0.29) is 0 Å². The first kappa shape index (κ1) is 9.26. The summed E-state index contributed by atoms with van der Waals surface area (Å²) in [5, 5.41) is 12.4. The van der Waals surface area contributed by atoms with E-state index in [2.05, 4.69) is 44.8 Å². The van der Waals surface area contributed by atoms with Crippen molar-refractivity contribution in [1.82, 2.24) is 0 Å². The molecular formula is C10H20Pt. The van der Waals surface area contributed by atoms with Crippen LogP contribution in [0, 0.1) is 0 Å². The summed E-state index contributed by atoms with van der Waals surface area (Å²) in [6.07, 6.45) is 7.98. The predicted molar refractivity (Wildman–Crippen MR) is 51.2 cm³/mol. The number of rotatable bonds is 1. The Labute approximate surface area is 68.9 Å². The molecule has 11 heavy (non-hydrogen) atoms. The fourth-order valence-corrected chi connectivity index (χ4v) is 5.69. The van der Waals surface area contributed by atoms with Crippen molar-refractivity contribution in [2.24, 2.45) is 0 Å². The van der Waals surface area contributed by atoms with E-state index in [1.807, 2.05) is 0 Å². The average Bonchev–Trinajstić information content (AvgIpc) is 2.01. The van der Waals surface area contributed by atoms with Crippen LogP contribution in [-0.4, -0.2) is 0 Å². The Morgan fingerprint density at radius 1 is 1.09 bits per heavy atom. The second-order valence-corrected chi connectivity index (χ2v) is 35.0. The Morgan fingerprint density at radius 2 is 1.64 bits per heavy atom. The number of hydrogen-bond donors (Lipinski definition) is 0. The van der Waals surface area contributed by atoms with Crippen LogP contribution in [0.2, 0.25) is 26.6 Å². The van der Waals surface area contributed by atoms with Gasteiger partial charge in [-0.05, 0) is 0 Å². The van der Waals surface area contributed by atoms with Gasteiger partial charge in [0.1, 0.15) is 0 Å². The van der Waals surface area contributed by atoms with E-state index in [1.54, 1.807) is 3.96 Å². The van der Waals surface area contributed by atoms with Gasteiger partial charge in [0.15, 0.2) is 0 Å². The molecule has 0 bridgehead atoms. The second kappa shape index (κ2) is 1.74. The summed E-state index contributed by atoms with van der Waals surface area (Å²) in [5.41, 5.74) is 0. The molecule has 0 aromatic heterocycles. The molecule has 0 nitrogen and oxygen atoms in total. The molecular weight excluding hydrogens is 315 g/mol. The van der Waals surface area contributed by atoms with E-state index in [0.717, 1.165) is 0 Å². The van der Waals surface area contributed by atoms with Crippen LogP contribution in [0.4, 0.5) is 0 Å².